The van der Waals surface area contributed by atoms with Crippen molar-refractivity contribution in [2.45, 2.75) is 0 Å². The maximum atomic E-state index is 10.1. The van der Waals surface area contributed by atoms with E-state index in [0.717, 1.165) is 16.9 Å². The fourth-order valence-electron chi connectivity index (χ4n) is 0.0680. The molecule has 0 spiro atoms. The molecule has 0 aromatic carbocycles. The Labute approximate surface area is 71.4 Å². The van der Waals surface area contributed by atoms with E-state index in [2.05, 4.69) is 19.7 Å². The van der Waals surface area contributed by atoms with E-state index in [4.69, 9.17) is 5.11 Å². The molecular weight excluding hydrogens is 180 g/mol. The van der Waals surface area contributed by atoms with Crippen molar-refractivity contribution in [2.24, 2.45) is 0 Å². The quantitative estimate of drug-likeness (QED) is 0.672. The minimum atomic E-state index is -3.13. The van der Waals surface area contributed by atoms with Crippen LogP contribution in [0.1, 0.15) is 0 Å². The average Bonchev–Trinajstić information content (AvgIpc) is 2.05. The highest BCUT2D eigenvalue weighted by molar-refractivity contribution is 7.97. The Morgan fingerprint density at radius 3 is 1.42 bits per heavy atom. The standard InChI is InChI=1S/C4H6O2S.C3H4O2/c1-3-7(5,6)4-2;1-2-3(4)5/h3-4H,1-2H2;2H,1H2,(H,4,5). The first-order chi connectivity index (χ1) is 5.39. The predicted molar refractivity (Wildman–Crippen MR) is 47.1 cm³/mol. The molecule has 0 bridgehead atoms. The van der Waals surface area contributed by atoms with Gasteiger partial charge in [-0.3, -0.25) is 0 Å². The maximum Gasteiger partial charge on any atom is 0.327 e. The molecule has 0 saturated heterocycles. The second kappa shape index (κ2) is 6.36. The number of carboxylic acid groups (broad SMARTS) is 1. The molecule has 0 rings (SSSR count). The van der Waals surface area contributed by atoms with Crippen LogP contribution in [0.2, 0.25) is 0 Å². The molecule has 0 aliphatic heterocycles. The number of carboxylic acids is 1. The molecule has 68 valence electrons. The van der Waals surface area contributed by atoms with Crippen LogP contribution in [0.25, 0.3) is 0 Å². The summed E-state index contributed by atoms with van der Waals surface area (Å²) in [6.45, 7) is 9.05. The van der Waals surface area contributed by atoms with Crippen molar-refractivity contribution in [3.8, 4) is 0 Å². The van der Waals surface area contributed by atoms with Gasteiger partial charge in [0.1, 0.15) is 0 Å². The molecule has 0 atom stereocenters. The highest BCUT2D eigenvalue weighted by Crippen LogP contribution is 1.87. The van der Waals surface area contributed by atoms with E-state index in [0.29, 0.717) is 0 Å². The lowest BCUT2D eigenvalue weighted by Crippen LogP contribution is -1.83. The Hall–Kier alpha value is -1.36. The lowest BCUT2D eigenvalue weighted by molar-refractivity contribution is -0.131. The summed E-state index contributed by atoms with van der Waals surface area (Å²) in [5, 5.41) is 9.30. The van der Waals surface area contributed by atoms with E-state index in [1.807, 2.05) is 0 Å². The van der Waals surface area contributed by atoms with Gasteiger partial charge in [-0.05, 0) is 0 Å². The molecule has 0 saturated carbocycles. The zero-order chi connectivity index (χ0) is 10.2. The van der Waals surface area contributed by atoms with E-state index >= 15 is 0 Å². The van der Waals surface area contributed by atoms with E-state index in [1.165, 1.54) is 0 Å². The Morgan fingerprint density at radius 2 is 1.42 bits per heavy atom. The molecule has 0 aromatic rings. The van der Waals surface area contributed by atoms with Crippen LogP contribution < -0.4 is 0 Å². The van der Waals surface area contributed by atoms with Gasteiger partial charge >= 0.3 is 5.97 Å². The Kier molecular flexibility index (Phi) is 7.02. The van der Waals surface area contributed by atoms with Crippen LogP contribution in [0.15, 0.2) is 36.6 Å². The van der Waals surface area contributed by atoms with Gasteiger partial charge in [0.2, 0.25) is 0 Å². The van der Waals surface area contributed by atoms with Gasteiger partial charge in [-0.1, -0.05) is 19.7 Å². The number of carbonyl (C=O) groups is 1. The predicted octanol–water partition coefficient (Wildman–Crippen LogP) is 0.945. The number of rotatable bonds is 3. The molecule has 0 unspecified atom stereocenters. The number of hydrogen-bond donors (Lipinski definition) is 1. The van der Waals surface area contributed by atoms with Crippen LogP contribution in [-0.4, -0.2) is 19.5 Å². The van der Waals surface area contributed by atoms with Gasteiger partial charge < -0.3 is 5.11 Å². The fraction of sp³-hybridized carbons (Fsp3) is 0. The van der Waals surface area contributed by atoms with Crippen LogP contribution in [0.3, 0.4) is 0 Å². The maximum absolute atomic E-state index is 10.1. The molecule has 0 heterocycles. The highest BCUT2D eigenvalue weighted by atomic mass is 32.2. The number of aliphatic carboxylic acids is 1. The Morgan fingerprint density at radius 1 is 1.17 bits per heavy atom. The van der Waals surface area contributed by atoms with Gasteiger partial charge in [0.15, 0.2) is 9.84 Å². The molecule has 0 radical (unpaired) electrons. The SMILES string of the molecule is C=CC(=O)O.C=CS(=O)(=O)C=C. The van der Waals surface area contributed by atoms with Crippen molar-refractivity contribution in [3.63, 3.8) is 0 Å². The average molecular weight is 190 g/mol. The molecular formula is C7H10O4S. The number of hydrogen-bond acceptors (Lipinski definition) is 3. The first-order valence-corrected chi connectivity index (χ1v) is 4.36. The first-order valence-electron chi connectivity index (χ1n) is 2.75. The third-order valence-corrected chi connectivity index (χ3v) is 1.57. The van der Waals surface area contributed by atoms with Gasteiger partial charge in [-0.2, -0.15) is 0 Å². The first kappa shape index (κ1) is 13.2. The third kappa shape index (κ3) is 11.4. The van der Waals surface area contributed by atoms with E-state index in [9.17, 15) is 13.2 Å². The lowest BCUT2D eigenvalue weighted by atomic mass is 10.7. The molecule has 0 fully saturated rings. The summed E-state index contributed by atoms with van der Waals surface area (Å²) in [6, 6.07) is 0. The van der Waals surface area contributed by atoms with Crippen molar-refractivity contribution < 1.29 is 18.3 Å². The molecule has 4 nitrogen and oxygen atoms in total. The van der Waals surface area contributed by atoms with Crippen molar-refractivity contribution >= 4 is 15.8 Å². The van der Waals surface area contributed by atoms with E-state index in [-0.39, 0.29) is 0 Å². The largest absolute Gasteiger partial charge is 0.478 e. The van der Waals surface area contributed by atoms with Gasteiger partial charge in [-0.25, -0.2) is 13.2 Å². The minimum absolute atomic E-state index is 0.833. The van der Waals surface area contributed by atoms with Crippen LogP contribution in [0, 0.1) is 0 Å². The minimum Gasteiger partial charge on any atom is -0.478 e. The summed E-state index contributed by atoms with van der Waals surface area (Å²) >= 11 is 0. The van der Waals surface area contributed by atoms with Crippen molar-refractivity contribution in [1.29, 1.82) is 0 Å². The third-order valence-electron chi connectivity index (χ3n) is 0.639. The molecule has 12 heavy (non-hydrogen) atoms. The second-order valence-electron chi connectivity index (χ2n) is 1.46. The molecule has 0 aliphatic carbocycles. The molecule has 5 heteroatoms. The molecule has 0 aliphatic rings. The van der Waals surface area contributed by atoms with Crippen molar-refractivity contribution in [2.75, 3.05) is 0 Å². The summed E-state index contributed by atoms with van der Waals surface area (Å²) in [5.41, 5.74) is 0. The smallest absolute Gasteiger partial charge is 0.327 e. The summed E-state index contributed by atoms with van der Waals surface area (Å²) in [5.74, 6) is -0.981. The Bertz CT molecular complexity index is 260. The van der Waals surface area contributed by atoms with E-state index < -0.39 is 15.8 Å². The van der Waals surface area contributed by atoms with E-state index in [1.54, 1.807) is 0 Å². The van der Waals surface area contributed by atoms with Gasteiger partial charge in [-0.15, -0.1) is 0 Å². The zero-order valence-corrected chi connectivity index (χ0v) is 7.25. The number of sulfone groups is 1. The van der Waals surface area contributed by atoms with Gasteiger partial charge in [0, 0.05) is 16.9 Å². The summed E-state index contributed by atoms with van der Waals surface area (Å²) < 4.78 is 20.3. The lowest BCUT2D eigenvalue weighted by Gasteiger charge is -1.78. The van der Waals surface area contributed by atoms with Gasteiger partial charge in [0.25, 0.3) is 0 Å². The van der Waals surface area contributed by atoms with Crippen LogP contribution in [0.5, 0.6) is 0 Å². The van der Waals surface area contributed by atoms with Crippen LogP contribution in [-0.2, 0) is 14.6 Å². The summed E-state index contributed by atoms with van der Waals surface area (Å²) in [6.07, 6.45) is 0.833. The highest BCUT2D eigenvalue weighted by Gasteiger charge is 1.90. The topological polar surface area (TPSA) is 71.4 Å². The second-order valence-corrected chi connectivity index (χ2v) is 3.31. The Balaban J connectivity index is 0. The molecule has 0 amide bonds. The summed E-state index contributed by atoms with van der Waals surface area (Å²) in [7, 11) is -3.13. The molecule has 1 N–H and O–H groups in total. The monoisotopic (exact) mass is 190 g/mol. The van der Waals surface area contributed by atoms with Crippen molar-refractivity contribution in [3.05, 3.63) is 36.6 Å². The summed E-state index contributed by atoms with van der Waals surface area (Å²) in [4.78, 5) is 9.25. The van der Waals surface area contributed by atoms with Crippen molar-refractivity contribution in [1.82, 2.24) is 0 Å². The zero-order valence-electron chi connectivity index (χ0n) is 6.43. The van der Waals surface area contributed by atoms with Crippen LogP contribution in [0.4, 0.5) is 0 Å². The van der Waals surface area contributed by atoms with Gasteiger partial charge in [0.05, 0.1) is 0 Å². The fourth-order valence-corrected chi connectivity index (χ4v) is 0.204. The molecule has 0 aromatic heterocycles. The van der Waals surface area contributed by atoms with Crippen LogP contribution >= 0.6 is 0 Å². The normalized spacial score (nSPS) is 8.67.